The second-order valence-corrected chi connectivity index (χ2v) is 4.32. The minimum absolute atomic E-state index is 0.240. The first-order chi connectivity index (χ1) is 9.93. The van der Waals surface area contributed by atoms with E-state index in [9.17, 15) is 14.4 Å². The van der Waals surface area contributed by atoms with Crippen LogP contribution in [0.25, 0.3) is 0 Å². The molecule has 0 aliphatic carbocycles. The Morgan fingerprint density at radius 3 is 2.38 bits per heavy atom. The summed E-state index contributed by atoms with van der Waals surface area (Å²) in [5.74, 6) is -1.37. The molecular weight excluding hydrogens is 274 g/mol. The third kappa shape index (κ3) is 5.32. The van der Waals surface area contributed by atoms with E-state index in [1.54, 1.807) is 20.2 Å². The minimum atomic E-state index is -0.625. The highest BCUT2D eigenvalue weighted by molar-refractivity contribution is 5.94. The predicted octanol–water partition coefficient (Wildman–Crippen LogP) is 0.784. The van der Waals surface area contributed by atoms with Crippen LogP contribution in [0, 0.1) is 11.3 Å². The topological polar surface area (TPSA) is 99.5 Å². The molecule has 1 aromatic carbocycles. The number of amides is 2. The van der Waals surface area contributed by atoms with Crippen LogP contribution in [0.2, 0.25) is 0 Å². The maximum atomic E-state index is 11.7. The van der Waals surface area contributed by atoms with Gasteiger partial charge in [-0.2, -0.15) is 5.26 Å². The number of rotatable bonds is 5. The smallest absolute Gasteiger partial charge is 0.338 e. The Labute approximate surface area is 122 Å². The molecule has 0 saturated heterocycles. The van der Waals surface area contributed by atoms with E-state index in [0.717, 1.165) is 0 Å². The van der Waals surface area contributed by atoms with Crippen molar-refractivity contribution in [3.63, 3.8) is 0 Å². The summed E-state index contributed by atoms with van der Waals surface area (Å²) in [6.45, 7) is -0.327. The maximum absolute atomic E-state index is 11.7. The van der Waals surface area contributed by atoms with Crippen molar-refractivity contribution >= 4 is 23.5 Å². The molecule has 0 heterocycles. The lowest BCUT2D eigenvalue weighted by Crippen LogP contribution is -2.27. The first-order valence-electron chi connectivity index (χ1n) is 6.08. The summed E-state index contributed by atoms with van der Waals surface area (Å²) in [4.78, 5) is 35.5. The van der Waals surface area contributed by atoms with E-state index in [0.29, 0.717) is 5.69 Å². The monoisotopic (exact) mass is 289 g/mol. The molecule has 0 spiro atoms. The Balaban J connectivity index is 2.57. The lowest BCUT2D eigenvalue weighted by Gasteiger charge is -2.10. The minimum Gasteiger partial charge on any atom is -0.452 e. The second kappa shape index (κ2) is 7.65. The van der Waals surface area contributed by atoms with Crippen LogP contribution in [-0.4, -0.2) is 43.4 Å². The maximum Gasteiger partial charge on any atom is 0.338 e. The fourth-order valence-electron chi connectivity index (χ4n) is 1.31. The van der Waals surface area contributed by atoms with Gasteiger partial charge in [-0.05, 0) is 24.3 Å². The lowest BCUT2D eigenvalue weighted by molar-refractivity contribution is -0.132. The van der Waals surface area contributed by atoms with Crippen molar-refractivity contribution in [3.05, 3.63) is 29.8 Å². The first-order valence-corrected chi connectivity index (χ1v) is 6.08. The SMILES string of the molecule is CN(C)C(=O)COC(=O)c1ccc(NC(=O)CC#N)cc1. The van der Waals surface area contributed by atoms with Gasteiger partial charge in [-0.3, -0.25) is 9.59 Å². The van der Waals surface area contributed by atoms with Gasteiger partial charge in [0.25, 0.3) is 5.91 Å². The van der Waals surface area contributed by atoms with Gasteiger partial charge in [-0.1, -0.05) is 0 Å². The van der Waals surface area contributed by atoms with Crippen LogP contribution in [-0.2, 0) is 14.3 Å². The van der Waals surface area contributed by atoms with Crippen LogP contribution in [0.4, 0.5) is 5.69 Å². The number of carbonyl (C=O) groups is 3. The zero-order valence-corrected chi connectivity index (χ0v) is 11.8. The Hall–Kier alpha value is -2.88. The quantitative estimate of drug-likeness (QED) is 0.808. The van der Waals surface area contributed by atoms with Crippen molar-refractivity contribution in [1.29, 1.82) is 5.26 Å². The highest BCUT2D eigenvalue weighted by Gasteiger charge is 2.11. The van der Waals surface area contributed by atoms with Crippen molar-refractivity contribution < 1.29 is 19.1 Å². The Bertz CT molecular complexity index is 573. The molecule has 1 N–H and O–H groups in total. The number of ether oxygens (including phenoxy) is 1. The standard InChI is InChI=1S/C14H15N3O4/c1-17(2)13(19)9-21-14(20)10-3-5-11(6-4-10)16-12(18)7-8-15/h3-6H,7,9H2,1-2H3,(H,16,18). The summed E-state index contributed by atoms with van der Waals surface area (Å²) < 4.78 is 4.85. The van der Waals surface area contributed by atoms with Crippen molar-refractivity contribution in [3.8, 4) is 6.07 Å². The fraction of sp³-hybridized carbons (Fsp3) is 0.286. The van der Waals surface area contributed by atoms with Crippen molar-refractivity contribution in [2.75, 3.05) is 26.0 Å². The van der Waals surface area contributed by atoms with Crippen LogP contribution in [0.5, 0.6) is 0 Å². The molecule has 7 heteroatoms. The molecule has 110 valence electrons. The first kappa shape index (κ1) is 16.2. The zero-order valence-electron chi connectivity index (χ0n) is 11.8. The molecule has 1 aromatic rings. The fourth-order valence-corrected chi connectivity index (χ4v) is 1.31. The number of benzene rings is 1. The normalized spacial score (nSPS) is 9.38. The van der Waals surface area contributed by atoms with E-state index < -0.39 is 11.9 Å². The number of anilines is 1. The molecular formula is C14H15N3O4. The largest absolute Gasteiger partial charge is 0.452 e. The van der Waals surface area contributed by atoms with Crippen LogP contribution < -0.4 is 5.32 Å². The average Bonchev–Trinajstić information content (AvgIpc) is 2.45. The number of nitrogens with one attached hydrogen (secondary N) is 1. The summed E-state index contributed by atoms with van der Waals surface area (Å²) in [6.07, 6.45) is -0.240. The van der Waals surface area contributed by atoms with Crippen LogP contribution in [0.1, 0.15) is 16.8 Å². The zero-order chi connectivity index (χ0) is 15.8. The van der Waals surface area contributed by atoms with Crippen molar-refractivity contribution in [2.45, 2.75) is 6.42 Å². The molecule has 0 unspecified atom stereocenters. The van der Waals surface area contributed by atoms with Gasteiger partial charge in [0.2, 0.25) is 5.91 Å². The molecule has 21 heavy (non-hydrogen) atoms. The number of hydrogen-bond donors (Lipinski definition) is 1. The lowest BCUT2D eigenvalue weighted by atomic mass is 10.2. The Morgan fingerprint density at radius 2 is 1.86 bits per heavy atom. The third-order valence-electron chi connectivity index (χ3n) is 2.47. The van der Waals surface area contributed by atoms with E-state index in [-0.39, 0.29) is 24.5 Å². The van der Waals surface area contributed by atoms with Gasteiger partial charge in [0, 0.05) is 19.8 Å². The third-order valence-corrected chi connectivity index (χ3v) is 2.47. The van der Waals surface area contributed by atoms with Gasteiger partial charge in [0.1, 0.15) is 6.42 Å². The number of nitriles is 1. The van der Waals surface area contributed by atoms with E-state index in [1.165, 1.54) is 29.2 Å². The van der Waals surface area contributed by atoms with Crippen LogP contribution >= 0.6 is 0 Å². The average molecular weight is 289 g/mol. The van der Waals surface area contributed by atoms with Gasteiger partial charge < -0.3 is 15.0 Å². The molecule has 2 amide bonds. The number of nitrogens with zero attached hydrogens (tertiary/aromatic N) is 2. The molecule has 0 radical (unpaired) electrons. The number of carbonyl (C=O) groups excluding carboxylic acids is 3. The highest BCUT2D eigenvalue weighted by Crippen LogP contribution is 2.11. The van der Waals surface area contributed by atoms with Gasteiger partial charge >= 0.3 is 5.97 Å². The predicted molar refractivity (Wildman–Crippen MR) is 74.3 cm³/mol. The highest BCUT2D eigenvalue weighted by atomic mass is 16.5. The van der Waals surface area contributed by atoms with E-state index in [2.05, 4.69) is 5.32 Å². The van der Waals surface area contributed by atoms with E-state index >= 15 is 0 Å². The number of esters is 1. The van der Waals surface area contributed by atoms with Crippen molar-refractivity contribution in [2.24, 2.45) is 0 Å². The van der Waals surface area contributed by atoms with Gasteiger partial charge in [0.15, 0.2) is 6.61 Å². The summed E-state index contributed by atoms with van der Waals surface area (Å²) in [6, 6.07) is 7.68. The second-order valence-electron chi connectivity index (χ2n) is 4.32. The van der Waals surface area contributed by atoms with Crippen molar-refractivity contribution in [1.82, 2.24) is 4.90 Å². The van der Waals surface area contributed by atoms with Crippen LogP contribution in [0.15, 0.2) is 24.3 Å². The molecule has 0 aromatic heterocycles. The van der Waals surface area contributed by atoms with E-state index in [1.807, 2.05) is 0 Å². The molecule has 0 aliphatic rings. The Kier molecular flexibility index (Phi) is 5.89. The van der Waals surface area contributed by atoms with E-state index in [4.69, 9.17) is 10.00 Å². The molecule has 0 saturated carbocycles. The molecule has 0 bridgehead atoms. The molecule has 1 rings (SSSR count). The van der Waals surface area contributed by atoms with Crippen LogP contribution in [0.3, 0.4) is 0 Å². The molecule has 0 atom stereocenters. The van der Waals surface area contributed by atoms with Gasteiger partial charge in [-0.25, -0.2) is 4.79 Å². The summed E-state index contributed by atoms with van der Waals surface area (Å²) in [7, 11) is 3.13. The summed E-state index contributed by atoms with van der Waals surface area (Å²) >= 11 is 0. The number of hydrogen-bond acceptors (Lipinski definition) is 5. The number of likely N-dealkylation sites (N-methyl/N-ethyl adjacent to an activating group) is 1. The Morgan fingerprint density at radius 1 is 1.24 bits per heavy atom. The van der Waals surface area contributed by atoms with Gasteiger partial charge in [0.05, 0.1) is 11.6 Å². The summed E-state index contributed by atoms with van der Waals surface area (Å²) in [5.41, 5.74) is 0.732. The molecule has 7 nitrogen and oxygen atoms in total. The summed E-state index contributed by atoms with van der Waals surface area (Å²) in [5, 5.41) is 10.9. The van der Waals surface area contributed by atoms with Gasteiger partial charge in [-0.15, -0.1) is 0 Å². The molecule has 0 aliphatic heterocycles. The molecule has 0 fully saturated rings.